The van der Waals surface area contributed by atoms with Crippen LogP contribution in [-0.4, -0.2) is 26.5 Å². The number of sulfonamides is 1. The van der Waals surface area contributed by atoms with Gasteiger partial charge in [-0.25, -0.2) is 22.3 Å². The van der Waals surface area contributed by atoms with Gasteiger partial charge in [0.25, 0.3) is 6.43 Å². The van der Waals surface area contributed by atoms with E-state index in [-0.39, 0.29) is 16.0 Å². The van der Waals surface area contributed by atoms with E-state index in [0.29, 0.717) is 5.52 Å². The Morgan fingerprint density at radius 1 is 1.42 bits per heavy atom. The van der Waals surface area contributed by atoms with E-state index in [2.05, 4.69) is 0 Å². The third kappa shape index (κ3) is 2.54. The number of methoxy groups -OCH3 is 1. The van der Waals surface area contributed by atoms with E-state index in [1.807, 2.05) is 0 Å². The molecular formula is C11H12F2N2O3S. The van der Waals surface area contributed by atoms with Gasteiger partial charge in [0.15, 0.2) is 0 Å². The number of fused-ring (bicyclic) bond motifs is 1. The van der Waals surface area contributed by atoms with Crippen molar-refractivity contribution in [2.75, 3.05) is 7.11 Å². The van der Waals surface area contributed by atoms with Gasteiger partial charge in [0, 0.05) is 6.20 Å². The molecule has 0 aliphatic heterocycles. The molecule has 0 aliphatic carbocycles. The van der Waals surface area contributed by atoms with E-state index in [9.17, 15) is 17.2 Å². The van der Waals surface area contributed by atoms with Crippen LogP contribution in [0.1, 0.15) is 0 Å². The molecule has 1 aromatic carbocycles. The zero-order chi connectivity index (χ0) is 14.2. The monoisotopic (exact) mass is 290 g/mol. The average Bonchev–Trinajstić information content (AvgIpc) is 2.67. The minimum atomic E-state index is -4.02. The van der Waals surface area contributed by atoms with Crippen molar-refractivity contribution in [1.82, 2.24) is 4.57 Å². The van der Waals surface area contributed by atoms with Crippen molar-refractivity contribution >= 4 is 20.9 Å². The van der Waals surface area contributed by atoms with Gasteiger partial charge in [-0.15, -0.1) is 0 Å². The lowest BCUT2D eigenvalue weighted by Gasteiger charge is -2.05. The van der Waals surface area contributed by atoms with Crippen LogP contribution < -0.4 is 9.88 Å². The summed E-state index contributed by atoms with van der Waals surface area (Å²) in [6.07, 6.45) is -1.50. The summed E-state index contributed by atoms with van der Waals surface area (Å²) in [5.74, 6) is 0.273. The summed E-state index contributed by atoms with van der Waals surface area (Å²) >= 11 is 0. The number of hydrogen-bond donors (Lipinski definition) is 1. The fourth-order valence-corrected chi connectivity index (χ4v) is 2.73. The minimum Gasteiger partial charge on any atom is -0.496 e. The summed E-state index contributed by atoms with van der Waals surface area (Å²) in [5.41, 5.74) is 0.337. The number of rotatable bonds is 4. The number of aromatic nitrogens is 1. The van der Waals surface area contributed by atoms with Crippen molar-refractivity contribution in [2.45, 2.75) is 17.9 Å². The van der Waals surface area contributed by atoms with Crippen LogP contribution in [0.4, 0.5) is 8.78 Å². The molecule has 19 heavy (non-hydrogen) atoms. The van der Waals surface area contributed by atoms with E-state index < -0.39 is 23.0 Å². The van der Waals surface area contributed by atoms with Crippen molar-refractivity contribution in [1.29, 1.82) is 0 Å². The predicted molar refractivity (Wildman–Crippen MR) is 65.9 cm³/mol. The molecule has 8 heteroatoms. The van der Waals surface area contributed by atoms with Gasteiger partial charge in [-0.2, -0.15) is 0 Å². The third-order valence-electron chi connectivity index (χ3n) is 2.69. The highest BCUT2D eigenvalue weighted by molar-refractivity contribution is 7.89. The number of hydrogen-bond acceptors (Lipinski definition) is 3. The summed E-state index contributed by atoms with van der Waals surface area (Å²) in [4.78, 5) is -0.222. The van der Waals surface area contributed by atoms with Crippen LogP contribution in [0.3, 0.4) is 0 Å². The average molecular weight is 290 g/mol. The molecule has 0 fully saturated rings. The van der Waals surface area contributed by atoms with E-state index >= 15 is 0 Å². The summed E-state index contributed by atoms with van der Waals surface area (Å²) < 4.78 is 54.3. The molecule has 0 aliphatic rings. The highest BCUT2D eigenvalue weighted by atomic mass is 32.2. The molecule has 0 unspecified atom stereocenters. The Morgan fingerprint density at radius 3 is 2.63 bits per heavy atom. The maximum atomic E-state index is 12.5. The van der Waals surface area contributed by atoms with Gasteiger partial charge in [-0.05, 0) is 12.1 Å². The first-order valence-electron chi connectivity index (χ1n) is 5.31. The fraction of sp³-hybridized carbons (Fsp3) is 0.273. The van der Waals surface area contributed by atoms with E-state index in [4.69, 9.17) is 9.88 Å². The molecule has 0 saturated heterocycles. The number of halogens is 2. The highest BCUT2D eigenvalue weighted by Gasteiger charge is 2.21. The Labute approximate surface area is 108 Å². The molecule has 2 N–H and O–H groups in total. The number of alkyl halides is 2. The first-order valence-corrected chi connectivity index (χ1v) is 6.86. The number of nitrogens with two attached hydrogens (primary N) is 1. The smallest absolute Gasteiger partial charge is 0.256 e. The molecule has 104 valence electrons. The van der Waals surface area contributed by atoms with Gasteiger partial charge in [-0.3, -0.25) is 0 Å². The maximum absolute atomic E-state index is 12.5. The van der Waals surface area contributed by atoms with Gasteiger partial charge in [0.2, 0.25) is 10.0 Å². The molecule has 1 heterocycles. The van der Waals surface area contributed by atoms with Crippen LogP contribution in [0.2, 0.25) is 0 Å². The summed E-state index contributed by atoms with van der Waals surface area (Å²) in [6.45, 7) is -0.612. The highest BCUT2D eigenvalue weighted by Crippen LogP contribution is 2.33. The molecule has 0 atom stereocenters. The van der Waals surface area contributed by atoms with Crippen LogP contribution in [-0.2, 0) is 16.6 Å². The number of nitrogens with zero attached hydrogens (tertiary/aromatic N) is 1. The molecule has 0 saturated carbocycles. The number of ether oxygens (including phenoxy) is 1. The van der Waals surface area contributed by atoms with Gasteiger partial charge in [0.05, 0.1) is 24.6 Å². The zero-order valence-electron chi connectivity index (χ0n) is 10.0. The van der Waals surface area contributed by atoms with Crippen molar-refractivity contribution in [3.63, 3.8) is 0 Å². The fourth-order valence-electron chi connectivity index (χ4n) is 1.97. The third-order valence-corrected chi connectivity index (χ3v) is 3.62. The zero-order valence-corrected chi connectivity index (χ0v) is 10.8. The summed E-state index contributed by atoms with van der Waals surface area (Å²) in [6, 6.07) is 4.68. The van der Waals surface area contributed by atoms with Crippen LogP contribution in [0.25, 0.3) is 10.9 Å². The Balaban J connectivity index is 2.81. The van der Waals surface area contributed by atoms with E-state index in [1.165, 1.54) is 13.2 Å². The SMILES string of the molecule is COc1cccc2c1c(S(N)(=O)=O)cn2CC(F)F. The Hall–Kier alpha value is -1.67. The van der Waals surface area contributed by atoms with Gasteiger partial charge in [0.1, 0.15) is 10.6 Å². The van der Waals surface area contributed by atoms with Crippen molar-refractivity contribution in [3.05, 3.63) is 24.4 Å². The van der Waals surface area contributed by atoms with Crippen LogP contribution >= 0.6 is 0 Å². The number of primary sulfonamides is 1. The molecule has 2 rings (SSSR count). The molecule has 5 nitrogen and oxygen atoms in total. The van der Waals surface area contributed by atoms with Gasteiger partial charge < -0.3 is 9.30 Å². The van der Waals surface area contributed by atoms with Gasteiger partial charge in [-0.1, -0.05) is 6.07 Å². The van der Waals surface area contributed by atoms with Gasteiger partial charge >= 0.3 is 0 Å². The summed E-state index contributed by atoms with van der Waals surface area (Å²) in [7, 11) is -2.66. The second kappa shape index (κ2) is 4.78. The molecule has 0 bridgehead atoms. The lowest BCUT2D eigenvalue weighted by Crippen LogP contribution is -2.12. The van der Waals surface area contributed by atoms with E-state index in [1.54, 1.807) is 12.1 Å². The minimum absolute atomic E-state index is 0.216. The lowest BCUT2D eigenvalue weighted by atomic mass is 10.2. The largest absolute Gasteiger partial charge is 0.496 e. The topological polar surface area (TPSA) is 74.3 Å². The molecule has 0 radical (unpaired) electrons. The molecule has 1 aromatic heterocycles. The standard InChI is InChI=1S/C11H12F2N2O3S/c1-18-8-4-2-3-7-11(8)9(19(14,16)17)5-15(7)6-10(12)13/h2-5,10H,6H2,1H3,(H2,14,16,17). The molecule has 0 spiro atoms. The van der Waals surface area contributed by atoms with Crippen LogP contribution in [0.15, 0.2) is 29.3 Å². The second-order valence-corrected chi connectivity index (χ2v) is 5.47. The Morgan fingerprint density at radius 2 is 2.11 bits per heavy atom. The summed E-state index contributed by atoms with van der Waals surface area (Å²) in [5, 5.41) is 5.32. The number of benzene rings is 1. The molecule has 2 aromatic rings. The van der Waals surface area contributed by atoms with Crippen LogP contribution in [0.5, 0.6) is 5.75 Å². The molecule has 0 amide bonds. The van der Waals surface area contributed by atoms with Crippen molar-refractivity contribution < 1.29 is 21.9 Å². The lowest BCUT2D eigenvalue weighted by molar-refractivity contribution is 0.128. The van der Waals surface area contributed by atoms with Crippen molar-refractivity contribution in [2.24, 2.45) is 5.14 Å². The predicted octanol–water partition coefficient (Wildman–Crippen LogP) is 1.56. The first kappa shape index (κ1) is 13.8. The first-order chi connectivity index (χ1) is 8.84. The maximum Gasteiger partial charge on any atom is 0.256 e. The molecular weight excluding hydrogens is 278 g/mol. The second-order valence-electron chi connectivity index (χ2n) is 3.94. The Kier molecular flexibility index (Phi) is 3.46. The van der Waals surface area contributed by atoms with E-state index in [0.717, 1.165) is 10.8 Å². The van der Waals surface area contributed by atoms with Crippen molar-refractivity contribution in [3.8, 4) is 5.75 Å². The quantitative estimate of drug-likeness (QED) is 0.928. The van der Waals surface area contributed by atoms with Crippen LogP contribution in [0, 0.1) is 0 Å². The normalized spacial score (nSPS) is 12.3. The Bertz CT molecular complexity index is 710.